The molecule has 1 aromatic heterocycles. The summed E-state index contributed by atoms with van der Waals surface area (Å²) in [6.07, 6.45) is 0. The number of nitrogens with zero attached hydrogens (tertiary/aromatic N) is 1. The van der Waals surface area contributed by atoms with Crippen molar-refractivity contribution < 1.29 is 0 Å². The molecule has 0 atom stereocenters. The first-order valence-electron chi connectivity index (χ1n) is 3.95. The van der Waals surface area contributed by atoms with Gasteiger partial charge in [0.25, 0.3) is 0 Å². The van der Waals surface area contributed by atoms with Gasteiger partial charge in [0, 0.05) is 0 Å². The number of rotatable bonds is 1. The van der Waals surface area contributed by atoms with Crippen LogP contribution in [-0.2, 0) is 0 Å². The maximum atomic E-state index is 5.62. The molecule has 4 heteroatoms. The third kappa shape index (κ3) is 1.08. The summed E-state index contributed by atoms with van der Waals surface area (Å²) >= 11 is 1.55. The molecule has 0 saturated heterocycles. The molecule has 0 unspecified atom stereocenters. The molecule has 2 N–H and O–H groups in total. The van der Waals surface area contributed by atoms with E-state index in [0.717, 1.165) is 12.8 Å². The molecular formula is C8H9BN2S. The molecule has 0 aliphatic rings. The molecule has 0 radical (unpaired) electrons. The van der Waals surface area contributed by atoms with Gasteiger partial charge in [-0.15, -0.1) is 0 Å². The van der Waals surface area contributed by atoms with E-state index in [1.54, 1.807) is 11.3 Å². The molecule has 1 aromatic carbocycles. The SMILES string of the molecule is CBc1cccc2sc(N)nc12. The van der Waals surface area contributed by atoms with E-state index in [1.165, 1.54) is 10.2 Å². The molecule has 12 heavy (non-hydrogen) atoms. The van der Waals surface area contributed by atoms with E-state index in [0.29, 0.717) is 5.13 Å². The zero-order valence-electron chi connectivity index (χ0n) is 6.87. The largest absolute Gasteiger partial charge is 0.375 e. The van der Waals surface area contributed by atoms with Crippen molar-refractivity contribution >= 4 is 39.4 Å². The standard InChI is InChI=1S/C8H9BN2S/c1-9-5-3-2-4-6-7(5)11-8(10)12-6/h2-4,9H,1H3,(H2,10,11). The number of fused-ring (bicyclic) bond motifs is 1. The van der Waals surface area contributed by atoms with Crippen LogP contribution in [0.3, 0.4) is 0 Å². The molecule has 0 saturated carbocycles. The van der Waals surface area contributed by atoms with Gasteiger partial charge < -0.3 is 5.73 Å². The van der Waals surface area contributed by atoms with Crippen LogP contribution in [0.15, 0.2) is 18.2 Å². The summed E-state index contributed by atoms with van der Waals surface area (Å²) in [5.74, 6) is 0. The Morgan fingerprint density at radius 1 is 1.50 bits per heavy atom. The minimum absolute atomic E-state index is 0.658. The number of nitrogens with two attached hydrogens (primary N) is 1. The first kappa shape index (κ1) is 7.62. The van der Waals surface area contributed by atoms with Gasteiger partial charge in [-0.1, -0.05) is 35.8 Å². The molecule has 60 valence electrons. The van der Waals surface area contributed by atoms with Crippen LogP contribution >= 0.6 is 11.3 Å². The van der Waals surface area contributed by atoms with Crippen molar-refractivity contribution in [3.63, 3.8) is 0 Å². The van der Waals surface area contributed by atoms with Crippen LogP contribution in [0.25, 0.3) is 10.2 Å². The van der Waals surface area contributed by atoms with Gasteiger partial charge in [-0.3, -0.25) is 0 Å². The molecule has 0 aliphatic heterocycles. The monoisotopic (exact) mass is 176 g/mol. The van der Waals surface area contributed by atoms with Crippen molar-refractivity contribution in [1.82, 2.24) is 4.98 Å². The van der Waals surface area contributed by atoms with Crippen molar-refractivity contribution in [2.45, 2.75) is 6.82 Å². The Kier molecular flexibility index (Phi) is 1.77. The predicted molar refractivity (Wildman–Crippen MR) is 56.7 cm³/mol. The Balaban J connectivity index is 2.78. The topological polar surface area (TPSA) is 38.9 Å². The van der Waals surface area contributed by atoms with Crippen LogP contribution < -0.4 is 11.2 Å². The summed E-state index contributed by atoms with van der Waals surface area (Å²) in [6.45, 7) is 2.13. The summed E-state index contributed by atoms with van der Waals surface area (Å²) in [6, 6.07) is 6.21. The quantitative estimate of drug-likeness (QED) is 0.658. The summed E-state index contributed by atoms with van der Waals surface area (Å²) < 4.78 is 1.19. The van der Waals surface area contributed by atoms with Crippen LogP contribution in [0.4, 0.5) is 5.13 Å². The minimum Gasteiger partial charge on any atom is -0.375 e. The van der Waals surface area contributed by atoms with Gasteiger partial charge in [0.05, 0.1) is 10.2 Å². The zero-order valence-corrected chi connectivity index (χ0v) is 7.69. The van der Waals surface area contributed by atoms with E-state index >= 15 is 0 Å². The number of hydrogen-bond acceptors (Lipinski definition) is 3. The molecule has 0 spiro atoms. The predicted octanol–water partition coefficient (Wildman–Crippen LogP) is 0.988. The van der Waals surface area contributed by atoms with E-state index in [4.69, 9.17) is 5.73 Å². The molecule has 0 fully saturated rings. The highest BCUT2D eigenvalue weighted by Crippen LogP contribution is 2.21. The van der Waals surface area contributed by atoms with Crippen molar-refractivity contribution in [2.75, 3.05) is 5.73 Å². The highest BCUT2D eigenvalue weighted by Gasteiger charge is 2.03. The third-order valence-corrected chi connectivity index (χ3v) is 2.75. The van der Waals surface area contributed by atoms with Crippen LogP contribution in [0.1, 0.15) is 0 Å². The molecule has 2 nitrogen and oxygen atoms in total. The van der Waals surface area contributed by atoms with Gasteiger partial charge in [0.15, 0.2) is 12.4 Å². The van der Waals surface area contributed by atoms with Crippen molar-refractivity contribution in [3.05, 3.63) is 18.2 Å². The maximum Gasteiger partial charge on any atom is 0.181 e. The average molecular weight is 176 g/mol. The molecular weight excluding hydrogens is 167 g/mol. The molecule has 2 aromatic rings. The Morgan fingerprint density at radius 3 is 3.08 bits per heavy atom. The van der Waals surface area contributed by atoms with Gasteiger partial charge in [-0.25, -0.2) is 4.98 Å². The highest BCUT2D eigenvalue weighted by atomic mass is 32.1. The number of hydrogen-bond donors (Lipinski definition) is 1. The van der Waals surface area contributed by atoms with Crippen LogP contribution in [0, 0.1) is 0 Å². The molecule has 0 aliphatic carbocycles. The van der Waals surface area contributed by atoms with E-state index < -0.39 is 0 Å². The summed E-state index contributed by atoms with van der Waals surface area (Å²) in [4.78, 5) is 4.28. The number of nitrogen functional groups attached to an aromatic ring is 1. The number of benzene rings is 1. The third-order valence-electron chi connectivity index (χ3n) is 1.90. The van der Waals surface area contributed by atoms with Crippen molar-refractivity contribution in [3.8, 4) is 0 Å². The van der Waals surface area contributed by atoms with Gasteiger partial charge in [0.1, 0.15) is 0 Å². The summed E-state index contributed by atoms with van der Waals surface area (Å²) in [5, 5.41) is 0.658. The Bertz CT molecular complexity index is 410. The first-order chi connectivity index (χ1) is 5.81. The van der Waals surface area contributed by atoms with Crippen molar-refractivity contribution in [1.29, 1.82) is 0 Å². The fourth-order valence-corrected chi connectivity index (χ4v) is 2.09. The fourth-order valence-electron chi connectivity index (χ4n) is 1.31. The average Bonchev–Trinajstić information content (AvgIpc) is 2.44. The normalized spacial score (nSPS) is 10.4. The van der Waals surface area contributed by atoms with Gasteiger partial charge in [0.2, 0.25) is 0 Å². The van der Waals surface area contributed by atoms with Crippen LogP contribution in [0.2, 0.25) is 6.82 Å². The summed E-state index contributed by atoms with van der Waals surface area (Å²) in [7, 11) is 1.01. The van der Waals surface area contributed by atoms with E-state index in [-0.39, 0.29) is 0 Å². The Labute approximate surface area is 75.7 Å². The van der Waals surface area contributed by atoms with Crippen LogP contribution in [-0.4, -0.2) is 12.3 Å². The van der Waals surface area contributed by atoms with E-state index in [9.17, 15) is 0 Å². The van der Waals surface area contributed by atoms with Crippen molar-refractivity contribution in [2.24, 2.45) is 0 Å². The lowest BCUT2D eigenvalue weighted by Gasteiger charge is -1.94. The van der Waals surface area contributed by atoms with E-state index in [2.05, 4.69) is 30.0 Å². The zero-order chi connectivity index (χ0) is 8.55. The van der Waals surface area contributed by atoms with Gasteiger partial charge in [-0.05, 0) is 6.07 Å². The fraction of sp³-hybridized carbons (Fsp3) is 0.125. The van der Waals surface area contributed by atoms with E-state index in [1.807, 2.05) is 0 Å². The summed E-state index contributed by atoms with van der Waals surface area (Å²) in [5.41, 5.74) is 7.97. The highest BCUT2D eigenvalue weighted by molar-refractivity contribution is 7.22. The van der Waals surface area contributed by atoms with Crippen LogP contribution in [0.5, 0.6) is 0 Å². The second-order valence-electron chi connectivity index (χ2n) is 2.67. The lowest BCUT2D eigenvalue weighted by Crippen LogP contribution is -2.11. The first-order valence-corrected chi connectivity index (χ1v) is 4.77. The number of aromatic nitrogens is 1. The second-order valence-corrected chi connectivity index (χ2v) is 3.73. The molecule has 0 bridgehead atoms. The Hall–Kier alpha value is -1.03. The second kappa shape index (κ2) is 2.79. The number of anilines is 1. The maximum absolute atomic E-state index is 5.62. The minimum atomic E-state index is 0.658. The van der Waals surface area contributed by atoms with Gasteiger partial charge in [-0.2, -0.15) is 0 Å². The molecule has 1 heterocycles. The number of thiazole rings is 1. The smallest absolute Gasteiger partial charge is 0.181 e. The lowest BCUT2D eigenvalue weighted by atomic mass is 9.73. The van der Waals surface area contributed by atoms with Gasteiger partial charge >= 0.3 is 0 Å². The lowest BCUT2D eigenvalue weighted by molar-refractivity contribution is 1.51. The molecule has 0 amide bonds. The number of para-hydroxylation sites is 1. The Morgan fingerprint density at radius 2 is 2.33 bits per heavy atom. The molecule has 2 rings (SSSR count).